The summed E-state index contributed by atoms with van der Waals surface area (Å²) in [7, 11) is 0. The molecule has 3 atom stereocenters. The maximum absolute atomic E-state index is 9.67. The van der Waals surface area contributed by atoms with E-state index in [1.165, 1.54) is 0 Å². The van der Waals surface area contributed by atoms with Gasteiger partial charge in [0.1, 0.15) is 5.75 Å². The summed E-state index contributed by atoms with van der Waals surface area (Å²) in [5.74, 6) is 0.309. The van der Waals surface area contributed by atoms with Crippen LogP contribution in [0, 0.1) is 0 Å². The first-order valence-electron chi connectivity index (χ1n) is 6.40. The van der Waals surface area contributed by atoms with Crippen LogP contribution in [0.25, 0.3) is 0 Å². The molecule has 0 saturated heterocycles. The van der Waals surface area contributed by atoms with Crippen molar-refractivity contribution in [2.24, 2.45) is 4.99 Å². The van der Waals surface area contributed by atoms with Crippen LogP contribution in [0.4, 0.5) is 0 Å². The van der Waals surface area contributed by atoms with E-state index in [9.17, 15) is 10.2 Å². The second kappa shape index (κ2) is 4.94. The number of aliphatic imine (C=N–C) groups is 1. The molecule has 1 saturated carbocycles. The minimum atomic E-state index is -0.144. The summed E-state index contributed by atoms with van der Waals surface area (Å²) < 4.78 is 0. The van der Waals surface area contributed by atoms with Gasteiger partial charge in [0, 0.05) is 11.7 Å². The van der Waals surface area contributed by atoms with Crippen LogP contribution in [-0.2, 0) is 6.42 Å². The van der Waals surface area contributed by atoms with Gasteiger partial charge < -0.3 is 10.2 Å². The van der Waals surface area contributed by atoms with Gasteiger partial charge in [0.2, 0.25) is 0 Å². The summed E-state index contributed by atoms with van der Waals surface area (Å²) in [6.07, 6.45) is 3.39. The van der Waals surface area contributed by atoms with E-state index in [0.29, 0.717) is 17.0 Å². The van der Waals surface area contributed by atoms with Gasteiger partial charge >= 0.3 is 0 Å². The molecule has 1 fully saturated rings. The molecule has 18 heavy (non-hydrogen) atoms. The third kappa shape index (κ3) is 2.54. The molecule has 1 aromatic carbocycles. The topological polar surface area (TPSA) is 52.8 Å². The van der Waals surface area contributed by atoms with Gasteiger partial charge in [-0.3, -0.25) is 4.99 Å². The van der Waals surface area contributed by atoms with Crippen LogP contribution in [0.1, 0.15) is 24.8 Å². The Morgan fingerprint density at radius 1 is 1.33 bits per heavy atom. The second-order valence-electron chi connectivity index (χ2n) is 5.06. The molecular formula is C14H17NO2S. The zero-order chi connectivity index (χ0) is 12.5. The van der Waals surface area contributed by atoms with Crippen LogP contribution in [0.15, 0.2) is 29.3 Å². The van der Waals surface area contributed by atoms with Crippen molar-refractivity contribution in [1.82, 2.24) is 0 Å². The largest absolute Gasteiger partial charge is 0.508 e. The third-order valence-corrected chi connectivity index (χ3v) is 4.92. The lowest BCUT2D eigenvalue weighted by Gasteiger charge is -2.26. The third-order valence-electron chi connectivity index (χ3n) is 3.59. The van der Waals surface area contributed by atoms with Crippen molar-refractivity contribution in [2.45, 2.75) is 43.1 Å². The van der Waals surface area contributed by atoms with Crippen LogP contribution in [0.5, 0.6) is 5.75 Å². The Morgan fingerprint density at radius 3 is 3.06 bits per heavy atom. The molecule has 4 heteroatoms. The van der Waals surface area contributed by atoms with Gasteiger partial charge in [0.25, 0.3) is 0 Å². The van der Waals surface area contributed by atoms with Crippen molar-refractivity contribution in [3.63, 3.8) is 0 Å². The van der Waals surface area contributed by atoms with Crippen molar-refractivity contribution >= 4 is 16.8 Å². The summed E-state index contributed by atoms with van der Waals surface area (Å²) in [5, 5.41) is 20.7. The van der Waals surface area contributed by atoms with Crippen molar-refractivity contribution in [1.29, 1.82) is 0 Å². The molecule has 96 valence electrons. The number of benzene rings is 1. The van der Waals surface area contributed by atoms with E-state index in [-0.39, 0.29) is 6.10 Å². The predicted octanol–water partition coefficient (Wildman–Crippen LogP) is 2.36. The number of rotatable bonds is 2. The van der Waals surface area contributed by atoms with Crippen molar-refractivity contribution < 1.29 is 10.2 Å². The van der Waals surface area contributed by atoms with Crippen LogP contribution in [0.3, 0.4) is 0 Å². The Labute approximate surface area is 111 Å². The Morgan fingerprint density at radius 2 is 2.22 bits per heavy atom. The monoisotopic (exact) mass is 263 g/mol. The molecule has 0 radical (unpaired) electrons. The van der Waals surface area contributed by atoms with Gasteiger partial charge in [-0.05, 0) is 37.0 Å². The summed E-state index contributed by atoms with van der Waals surface area (Å²) in [5.41, 5.74) is 1.10. The van der Waals surface area contributed by atoms with E-state index < -0.39 is 0 Å². The first-order chi connectivity index (χ1) is 8.70. The van der Waals surface area contributed by atoms with Gasteiger partial charge in [-0.25, -0.2) is 0 Å². The molecule has 2 aliphatic rings. The van der Waals surface area contributed by atoms with Gasteiger partial charge in [-0.2, -0.15) is 0 Å². The first-order valence-corrected chi connectivity index (χ1v) is 7.28. The molecule has 1 aliphatic heterocycles. The lowest BCUT2D eigenvalue weighted by molar-refractivity contribution is 0.127. The summed E-state index contributed by atoms with van der Waals surface area (Å²) in [4.78, 5) is 4.76. The molecule has 0 amide bonds. The van der Waals surface area contributed by atoms with Crippen molar-refractivity contribution in [3.8, 4) is 5.75 Å². The fourth-order valence-corrected chi connectivity index (χ4v) is 4.15. The standard InChI is InChI=1S/C14H17NO2S/c16-10-3-1-2-9(6-10)7-14-15-12-5-4-11(17)8-13(12)18-14/h1-3,6,11-13,16-17H,4-5,7-8H2. The predicted molar refractivity (Wildman–Crippen MR) is 74.3 cm³/mol. The zero-order valence-corrected chi connectivity index (χ0v) is 10.9. The first kappa shape index (κ1) is 12.1. The average Bonchev–Trinajstić information content (AvgIpc) is 2.70. The minimum absolute atomic E-state index is 0.144. The van der Waals surface area contributed by atoms with Gasteiger partial charge in [0.05, 0.1) is 17.2 Å². The van der Waals surface area contributed by atoms with E-state index in [2.05, 4.69) is 0 Å². The highest BCUT2D eigenvalue weighted by Crippen LogP contribution is 2.38. The van der Waals surface area contributed by atoms with E-state index in [4.69, 9.17) is 4.99 Å². The van der Waals surface area contributed by atoms with Crippen molar-refractivity contribution in [2.75, 3.05) is 0 Å². The Hall–Kier alpha value is -1.00. The summed E-state index contributed by atoms with van der Waals surface area (Å²) in [6.45, 7) is 0. The van der Waals surface area contributed by atoms with Crippen molar-refractivity contribution in [3.05, 3.63) is 29.8 Å². The van der Waals surface area contributed by atoms with Crippen LogP contribution < -0.4 is 0 Å². The number of aliphatic hydroxyl groups is 1. The van der Waals surface area contributed by atoms with Gasteiger partial charge in [0.15, 0.2) is 0 Å². The number of phenols is 1. The molecular weight excluding hydrogens is 246 g/mol. The molecule has 3 unspecified atom stereocenters. The highest BCUT2D eigenvalue weighted by molar-refractivity contribution is 8.14. The molecule has 1 heterocycles. The minimum Gasteiger partial charge on any atom is -0.508 e. The summed E-state index contributed by atoms with van der Waals surface area (Å²) >= 11 is 1.81. The molecule has 0 spiro atoms. The molecule has 3 rings (SSSR count). The number of hydrogen-bond donors (Lipinski definition) is 2. The average molecular weight is 263 g/mol. The van der Waals surface area contributed by atoms with E-state index in [0.717, 1.165) is 36.3 Å². The number of phenolic OH excluding ortho intramolecular Hbond substituents is 1. The Balaban J connectivity index is 1.68. The number of fused-ring (bicyclic) bond motifs is 1. The number of nitrogens with zero attached hydrogens (tertiary/aromatic N) is 1. The highest BCUT2D eigenvalue weighted by Gasteiger charge is 2.35. The normalized spacial score (nSPS) is 30.9. The lowest BCUT2D eigenvalue weighted by atomic mass is 9.93. The SMILES string of the molecule is Oc1cccc(CC2=NC3CCC(O)CC3S2)c1. The Bertz CT molecular complexity index is 475. The fourth-order valence-electron chi connectivity index (χ4n) is 2.68. The summed E-state index contributed by atoms with van der Waals surface area (Å²) in [6, 6.07) is 7.75. The molecule has 1 aliphatic carbocycles. The molecule has 0 aromatic heterocycles. The van der Waals surface area contributed by atoms with Gasteiger partial charge in [-0.15, -0.1) is 11.8 Å². The van der Waals surface area contributed by atoms with E-state index in [1.54, 1.807) is 12.1 Å². The van der Waals surface area contributed by atoms with E-state index >= 15 is 0 Å². The second-order valence-corrected chi connectivity index (χ2v) is 6.37. The van der Waals surface area contributed by atoms with Crippen LogP contribution >= 0.6 is 11.8 Å². The van der Waals surface area contributed by atoms with Crippen LogP contribution in [-0.4, -0.2) is 32.7 Å². The van der Waals surface area contributed by atoms with Gasteiger partial charge in [-0.1, -0.05) is 12.1 Å². The van der Waals surface area contributed by atoms with E-state index in [1.807, 2.05) is 23.9 Å². The molecule has 2 N–H and O–H groups in total. The number of hydrogen-bond acceptors (Lipinski definition) is 4. The molecule has 1 aromatic rings. The zero-order valence-electron chi connectivity index (χ0n) is 10.1. The molecule has 0 bridgehead atoms. The Kier molecular flexibility index (Phi) is 3.31. The number of aliphatic hydroxyl groups excluding tert-OH is 1. The lowest BCUT2D eigenvalue weighted by Crippen LogP contribution is -2.30. The maximum atomic E-state index is 9.67. The number of aromatic hydroxyl groups is 1. The quantitative estimate of drug-likeness (QED) is 0.861. The van der Waals surface area contributed by atoms with Crippen LogP contribution in [0.2, 0.25) is 0 Å². The fraction of sp³-hybridized carbons (Fsp3) is 0.500. The number of thioether (sulfide) groups is 1. The molecule has 3 nitrogen and oxygen atoms in total. The maximum Gasteiger partial charge on any atom is 0.115 e. The smallest absolute Gasteiger partial charge is 0.115 e. The highest BCUT2D eigenvalue weighted by atomic mass is 32.2.